The first-order valence-corrected chi connectivity index (χ1v) is 8.54. The van der Waals surface area contributed by atoms with Crippen LogP contribution in [0.3, 0.4) is 0 Å². The lowest BCUT2D eigenvalue weighted by molar-refractivity contribution is -0.142. The molecule has 0 bridgehead atoms. The van der Waals surface area contributed by atoms with Gasteiger partial charge in [0.05, 0.1) is 0 Å². The fourth-order valence-corrected chi connectivity index (χ4v) is 3.24. The largest absolute Gasteiger partial charge is 0.463 e. The Hall–Kier alpha value is -2.17. The zero-order valence-corrected chi connectivity index (χ0v) is 14.6. The summed E-state index contributed by atoms with van der Waals surface area (Å²) in [6.07, 6.45) is 0.117. The van der Waals surface area contributed by atoms with Gasteiger partial charge in [0.25, 0.3) is 0 Å². The zero-order valence-electron chi connectivity index (χ0n) is 13.1. The normalized spacial score (nSPS) is 15.1. The molecule has 0 atom stereocenters. The third kappa shape index (κ3) is 3.20. The Bertz CT molecular complexity index is 808. The SMILES string of the molecule is O=C(CCl)OCC1(Cc2ccc(Cl)cc2)C(=O)c2ccccc2C1=O. The molecule has 1 aliphatic carbocycles. The predicted octanol–water partition coefficient (Wildman–Crippen LogP) is 3.73. The number of hydrogen-bond acceptors (Lipinski definition) is 4. The average Bonchev–Trinajstić information content (AvgIpc) is 2.84. The summed E-state index contributed by atoms with van der Waals surface area (Å²) in [5.41, 5.74) is -0.0215. The molecule has 2 aromatic rings. The standard InChI is InChI=1S/C19H14Cl2O4/c20-10-16(22)25-11-19(9-12-5-7-13(21)8-6-12)17(23)14-3-1-2-4-15(14)18(19)24/h1-8H,9-11H2. The van der Waals surface area contributed by atoms with E-state index in [0.29, 0.717) is 16.1 Å². The van der Waals surface area contributed by atoms with Crippen molar-refractivity contribution in [3.63, 3.8) is 0 Å². The molecule has 128 valence electrons. The molecule has 0 aliphatic heterocycles. The van der Waals surface area contributed by atoms with Crippen LogP contribution < -0.4 is 0 Å². The molecular formula is C19H14Cl2O4. The minimum Gasteiger partial charge on any atom is -0.463 e. The minimum absolute atomic E-state index is 0.117. The number of fused-ring (bicyclic) bond motifs is 1. The lowest BCUT2D eigenvalue weighted by Crippen LogP contribution is -2.41. The molecule has 0 fully saturated rings. The third-order valence-electron chi connectivity index (χ3n) is 4.29. The molecule has 2 aromatic carbocycles. The van der Waals surface area contributed by atoms with Crippen LogP contribution in [0.4, 0.5) is 0 Å². The Kier molecular flexibility index (Phi) is 4.93. The Morgan fingerprint density at radius 3 is 2.04 bits per heavy atom. The molecule has 0 saturated heterocycles. The summed E-state index contributed by atoms with van der Waals surface area (Å²) in [5, 5.41) is 0.554. The van der Waals surface area contributed by atoms with Crippen molar-refractivity contribution in [2.75, 3.05) is 12.5 Å². The van der Waals surface area contributed by atoms with Gasteiger partial charge in [-0.1, -0.05) is 48.0 Å². The Morgan fingerprint density at radius 2 is 1.52 bits per heavy atom. The van der Waals surface area contributed by atoms with Crippen molar-refractivity contribution < 1.29 is 19.1 Å². The quantitative estimate of drug-likeness (QED) is 0.453. The summed E-state index contributed by atoms with van der Waals surface area (Å²) in [6.45, 7) is -0.340. The van der Waals surface area contributed by atoms with Gasteiger partial charge in [-0.15, -0.1) is 11.6 Å². The van der Waals surface area contributed by atoms with Gasteiger partial charge >= 0.3 is 5.97 Å². The van der Waals surface area contributed by atoms with Crippen LogP contribution in [0.5, 0.6) is 0 Å². The second kappa shape index (κ2) is 6.98. The molecule has 0 aromatic heterocycles. The zero-order chi connectivity index (χ0) is 18.0. The summed E-state index contributed by atoms with van der Waals surface area (Å²) in [5.74, 6) is -1.70. The molecule has 0 spiro atoms. The van der Waals surface area contributed by atoms with Gasteiger partial charge in [0.15, 0.2) is 11.6 Å². The fraction of sp³-hybridized carbons (Fsp3) is 0.211. The summed E-state index contributed by atoms with van der Waals surface area (Å²) in [7, 11) is 0. The second-order valence-electron chi connectivity index (χ2n) is 5.88. The first-order valence-electron chi connectivity index (χ1n) is 7.62. The van der Waals surface area contributed by atoms with Gasteiger partial charge in [-0.2, -0.15) is 0 Å². The predicted molar refractivity (Wildman–Crippen MR) is 94.4 cm³/mol. The van der Waals surface area contributed by atoms with E-state index in [4.69, 9.17) is 27.9 Å². The third-order valence-corrected chi connectivity index (χ3v) is 4.76. The van der Waals surface area contributed by atoms with Gasteiger partial charge in [-0.25, -0.2) is 0 Å². The van der Waals surface area contributed by atoms with E-state index in [9.17, 15) is 14.4 Å². The van der Waals surface area contributed by atoms with E-state index in [2.05, 4.69) is 0 Å². The van der Waals surface area contributed by atoms with E-state index in [0.717, 1.165) is 5.56 Å². The molecule has 0 radical (unpaired) electrons. The van der Waals surface area contributed by atoms with Crippen molar-refractivity contribution in [2.24, 2.45) is 5.41 Å². The van der Waals surface area contributed by atoms with Crippen molar-refractivity contribution in [3.05, 3.63) is 70.2 Å². The van der Waals surface area contributed by atoms with E-state index >= 15 is 0 Å². The van der Waals surface area contributed by atoms with Crippen LogP contribution in [0.1, 0.15) is 26.3 Å². The molecule has 0 heterocycles. The first kappa shape index (κ1) is 17.6. The summed E-state index contributed by atoms with van der Waals surface area (Å²) < 4.78 is 5.11. The topological polar surface area (TPSA) is 60.4 Å². The second-order valence-corrected chi connectivity index (χ2v) is 6.59. The van der Waals surface area contributed by atoms with Gasteiger partial charge in [0, 0.05) is 16.1 Å². The number of rotatable bonds is 5. The number of halogens is 2. The van der Waals surface area contributed by atoms with Crippen LogP contribution >= 0.6 is 23.2 Å². The van der Waals surface area contributed by atoms with Crippen LogP contribution in [0.25, 0.3) is 0 Å². The molecule has 6 heteroatoms. The van der Waals surface area contributed by atoms with Crippen molar-refractivity contribution in [3.8, 4) is 0 Å². The van der Waals surface area contributed by atoms with E-state index in [1.165, 1.54) is 0 Å². The number of carbonyl (C=O) groups is 3. The Labute approximate surface area is 154 Å². The maximum atomic E-state index is 13.0. The highest BCUT2D eigenvalue weighted by Gasteiger charge is 2.53. The molecule has 0 unspecified atom stereocenters. The monoisotopic (exact) mass is 376 g/mol. The molecular weight excluding hydrogens is 363 g/mol. The highest BCUT2D eigenvalue weighted by atomic mass is 35.5. The van der Waals surface area contributed by atoms with Crippen LogP contribution in [0.15, 0.2) is 48.5 Å². The first-order chi connectivity index (χ1) is 12.0. The number of benzene rings is 2. The lowest BCUT2D eigenvalue weighted by Gasteiger charge is -2.25. The minimum atomic E-state index is -1.47. The van der Waals surface area contributed by atoms with Gasteiger partial charge in [-0.3, -0.25) is 14.4 Å². The lowest BCUT2D eigenvalue weighted by atomic mass is 9.77. The summed E-state index contributed by atoms with van der Waals surface area (Å²) in [4.78, 5) is 37.6. The highest BCUT2D eigenvalue weighted by Crippen LogP contribution is 2.40. The number of ether oxygens (including phenoxy) is 1. The number of carbonyl (C=O) groups excluding carboxylic acids is 3. The maximum absolute atomic E-state index is 13.0. The van der Waals surface area contributed by atoms with E-state index in [1.54, 1.807) is 48.5 Å². The smallest absolute Gasteiger partial charge is 0.320 e. The number of hydrogen-bond donors (Lipinski definition) is 0. The number of Topliss-reactive ketones (excluding diaryl/α,β-unsaturated/α-hetero) is 2. The summed E-state index contributed by atoms with van der Waals surface area (Å²) in [6, 6.07) is 13.5. The number of ketones is 2. The van der Waals surface area contributed by atoms with Crippen LogP contribution in [0, 0.1) is 5.41 Å². The highest BCUT2D eigenvalue weighted by molar-refractivity contribution is 6.31. The van der Waals surface area contributed by atoms with Gasteiger partial charge in [0.1, 0.15) is 17.9 Å². The molecule has 1 aliphatic rings. The fourth-order valence-electron chi connectivity index (χ4n) is 3.03. The van der Waals surface area contributed by atoms with Crippen molar-refractivity contribution in [2.45, 2.75) is 6.42 Å². The van der Waals surface area contributed by atoms with Gasteiger partial charge in [0.2, 0.25) is 0 Å². The van der Waals surface area contributed by atoms with Crippen LogP contribution in [-0.2, 0) is 16.0 Å². The van der Waals surface area contributed by atoms with E-state index in [-0.39, 0.29) is 30.5 Å². The molecule has 0 N–H and O–H groups in total. The van der Waals surface area contributed by atoms with E-state index < -0.39 is 11.4 Å². The van der Waals surface area contributed by atoms with Gasteiger partial charge < -0.3 is 4.74 Å². The molecule has 3 rings (SSSR count). The van der Waals surface area contributed by atoms with Crippen molar-refractivity contribution in [1.82, 2.24) is 0 Å². The van der Waals surface area contributed by atoms with Crippen molar-refractivity contribution in [1.29, 1.82) is 0 Å². The van der Waals surface area contributed by atoms with E-state index in [1.807, 2.05) is 0 Å². The van der Waals surface area contributed by atoms with Gasteiger partial charge in [-0.05, 0) is 24.1 Å². The molecule has 4 nitrogen and oxygen atoms in total. The number of alkyl halides is 1. The Balaban J connectivity index is 2.01. The maximum Gasteiger partial charge on any atom is 0.320 e. The Morgan fingerprint density at radius 1 is 0.960 bits per heavy atom. The summed E-state index contributed by atoms with van der Waals surface area (Å²) >= 11 is 11.4. The molecule has 0 amide bonds. The number of esters is 1. The van der Waals surface area contributed by atoms with Crippen LogP contribution in [0.2, 0.25) is 5.02 Å². The van der Waals surface area contributed by atoms with Crippen LogP contribution in [-0.4, -0.2) is 30.0 Å². The molecule has 25 heavy (non-hydrogen) atoms. The van der Waals surface area contributed by atoms with Crippen molar-refractivity contribution >= 4 is 40.7 Å². The molecule has 0 saturated carbocycles. The average molecular weight is 377 g/mol.